The standard InChI is InChI=1S/C18H22ClNO4S/c1-13(2)14-5-7-15(8-6-14)25(22,23)17(16-4-3-11-24-16)12-20-18(21)9-10-19/h3-8,11,13,17H,9-10,12H2,1-2H3,(H,20,21)/t17-/m0/s1. The molecule has 0 aliphatic heterocycles. The maximum Gasteiger partial charge on any atom is 0.221 e. The summed E-state index contributed by atoms with van der Waals surface area (Å²) in [6.45, 7) is 4.01. The van der Waals surface area contributed by atoms with E-state index in [1.165, 1.54) is 6.26 Å². The minimum atomic E-state index is -3.72. The largest absolute Gasteiger partial charge is 0.468 e. The number of hydrogen-bond acceptors (Lipinski definition) is 4. The Morgan fingerprint density at radius 3 is 2.40 bits per heavy atom. The Balaban J connectivity index is 2.30. The Bertz CT molecular complexity index is 783. The summed E-state index contributed by atoms with van der Waals surface area (Å²) in [6, 6.07) is 10.0. The molecule has 0 aliphatic carbocycles. The van der Waals surface area contributed by atoms with Crippen molar-refractivity contribution < 1.29 is 17.6 Å². The maximum atomic E-state index is 13.0. The number of amides is 1. The summed E-state index contributed by atoms with van der Waals surface area (Å²) in [4.78, 5) is 11.9. The Hall–Kier alpha value is -1.79. The average Bonchev–Trinajstić information content (AvgIpc) is 3.09. The molecule has 1 N–H and O–H groups in total. The van der Waals surface area contributed by atoms with Gasteiger partial charge in [0.25, 0.3) is 0 Å². The molecule has 1 aromatic heterocycles. The molecule has 5 nitrogen and oxygen atoms in total. The van der Waals surface area contributed by atoms with Crippen molar-refractivity contribution in [1.82, 2.24) is 5.32 Å². The molecule has 2 rings (SSSR count). The number of carbonyl (C=O) groups is 1. The molecule has 1 aromatic carbocycles. The highest BCUT2D eigenvalue weighted by Gasteiger charge is 2.31. The highest BCUT2D eigenvalue weighted by atomic mass is 35.5. The lowest BCUT2D eigenvalue weighted by Gasteiger charge is -2.17. The van der Waals surface area contributed by atoms with Gasteiger partial charge in [0.05, 0.1) is 11.2 Å². The van der Waals surface area contributed by atoms with Crippen molar-refractivity contribution in [1.29, 1.82) is 0 Å². The minimum absolute atomic E-state index is 0.0719. The van der Waals surface area contributed by atoms with E-state index in [2.05, 4.69) is 5.32 Å². The molecule has 0 spiro atoms. The van der Waals surface area contributed by atoms with Crippen LogP contribution in [0.2, 0.25) is 0 Å². The van der Waals surface area contributed by atoms with Crippen molar-refractivity contribution in [2.24, 2.45) is 0 Å². The van der Waals surface area contributed by atoms with E-state index >= 15 is 0 Å². The van der Waals surface area contributed by atoms with E-state index in [4.69, 9.17) is 16.0 Å². The van der Waals surface area contributed by atoms with Crippen LogP contribution in [-0.4, -0.2) is 26.7 Å². The van der Waals surface area contributed by atoms with Crippen molar-refractivity contribution in [3.63, 3.8) is 0 Å². The Morgan fingerprint density at radius 1 is 1.20 bits per heavy atom. The van der Waals surface area contributed by atoms with Gasteiger partial charge in [-0.3, -0.25) is 4.79 Å². The third kappa shape index (κ3) is 4.86. The van der Waals surface area contributed by atoms with Crippen LogP contribution in [0.3, 0.4) is 0 Å². The number of sulfone groups is 1. The van der Waals surface area contributed by atoms with Crippen LogP contribution in [0.5, 0.6) is 0 Å². The third-order valence-corrected chi connectivity index (χ3v) is 6.18. The summed E-state index contributed by atoms with van der Waals surface area (Å²) in [5.74, 6) is 0.490. The first-order valence-corrected chi connectivity index (χ1v) is 10.1. The Labute approximate surface area is 153 Å². The zero-order valence-electron chi connectivity index (χ0n) is 14.2. The highest BCUT2D eigenvalue weighted by molar-refractivity contribution is 7.91. The topological polar surface area (TPSA) is 76.4 Å². The van der Waals surface area contributed by atoms with Gasteiger partial charge in [0.15, 0.2) is 9.84 Å². The van der Waals surface area contributed by atoms with E-state index in [0.717, 1.165) is 5.56 Å². The Kier molecular flexibility index (Phi) is 6.67. The predicted octanol–water partition coefficient (Wildman–Crippen LogP) is 3.66. The fraction of sp³-hybridized carbons (Fsp3) is 0.389. The zero-order chi connectivity index (χ0) is 18.4. The summed E-state index contributed by atoms with van der Waals surface area (Å²) < 4.78 is 31.4. The SMILES string of the molecule is CC(C)c1ccc(S(=O)(=O)[C@@H](CNC(=O)CCCl)c2ccco2)cc1. The Morgan fingerprint density at radius 2 is 1.88 bits per heavy atom. The average molecular weight is 384 g/mol. The first-order valence-electron chi connectivity index (χ1n) is 8.06. The quantitative estimate of drug-likeness (QED) is 0.705. The monoisotopic (exact) mass is 383 g/mol. The number of hydrogen-bond donors (Lipinski definition) is 1. The normalized spacial score (nSPS) is 13.0. The van der Waals surface area contributed by atoms with E-state index in [-0.39, 0.29) is 29.6 Å². The van der Waals surface area contributed by atoms with Gasteiger partial charge < -0.3 is 9.73 Å². The molecule has 1 amide bonds. The first-order chi connectivity index (χ1) is 11.9. The third-order valence-electron chi connectivity index (χ3n) is 3.92. The van der Waals surface area contributed by atoms with Crippen LogP contribution in [-0.2, 0) is 14.6 Å². The molecule has 1 atom stereocenters. The summed E-state index contributed by atoms with van der Waals surface area (Å²) in [7, 11) is -3.72. The molecule has 0 aliphatic rings. The second-order valence-corrected chi connectivity index (χ2v) is 8.52. The number of alkyl halides is 1. The van der Waals surface area contributed by atoms with Crippen molar-refractivity contribution in [2.45, 2.75) is 36.3 Å². The number of nitrogens with one attached hydrogen (secondary N) is 1. The zero-order valence-corrected chi connectivity index (χ0v) is 15.8. The molecule has 25 heavy (non-hydrogen) atoms. The number of benzene rings is 1. The van der Waals surface area contributed by atoms with Gasteiger partial charge in [0.2, 0.25) is 5.91 Å². The smallest absolute Gasteiger partial charge is 0.221 e. The summed E-state index contributed by atoms with van der Waals surface area (Å²) in [5.41, 5.74) is 1.06. The van der Waals surface area contributed by atoms with Crippen LogP contribution in [0.4, 0.5) is 0 Å². The fourth-order valence-electron chi connectivity index (χ4n) is 2.43. The van der Waals surface area contributed by atoms with Crippen LogP contribution >= 0.6 is 11.6 Å². The van der Waals surface area contributed by atoms with E-state index in [9.17, 15) is 13.2 Å². The molecule has 0 unspecified atom stereocenters. The van der Waals surface area contributed by atoms with E-state index < -0.39 is 15.1 Å². The van der Waals surface area contributed by atoms with E-state index in [1.807, 2.05) is 26.0 Å². The molecule has 2 aromatic rings. The number of rotatable bonds is 8. The summed E-state index contributed by atoms with van der Waals surface area (Å²) in [5, 5.41) is 1.62. The molecule has 0 radical (unpaired) electrons. The number of furan rings is 1. The lowest BCUT2D eigenvalue weighted by atomic mass is 10.0. The van der Waals surface area contributed by atoms with E-state index in [0.29, 0.717) is 11.7 Å². The molecule has 7 heteroatoms. The van der Waals surface area contributed by atoms with Crippen molar-refractivity contribution in [3.8, 4) is 0 Å². The summed E-state index contributed by atoms with van der Waals surface area (Å²) in [6.07, 6.45) is 1.55. The van der Waals surface area contributed by atoms with Crippen LogP contribution < -0.4 is 5.32 Å². The highest BCUT2D eigenvalue weighted by Crippen LogP contribution is 2.29. The van der Waals surface area contributed by atoms with Crippen LogP contribution in [0.15, 0.2) is 52.0 Å². The lowest BCUT2D eigenvalue weighted by Crippen LogP contribution is -2.31. The maximum absolute atomic E-state index is 13.0. The second kappa shape index (κ2) is 8.54. The fourth-order valence-corrected chi connectivity index (χ4v) is 4.18. The molecule has 0 saturated carbocycles. The van der Waals surface area contributed by atoms with Gasteiger partial charge in [-0.2, -0.15) is 0 Å². The van der Waals surface area contributed by atoms with Gasteiger partial charge in [-0.15, -0.1) is 11.6 Å². The van der Waals surface area contributed by atoms with Crippen LogP contribution in [0.1, 0.15) is 42.8 Å². The number of carbonyl (C=O) groups excluding carboxylic acids is 1. The van der Waals surface area contributed by atoms with E-state index in [1.54, 1.807) is 24.3 Å². The van der Waals surface area contributed by atoms with Gasteiger partial charge in [0, 0.05) is 18.8 Å². The van der Waals surface area contributed by atoms with Crippen molar-refractivity contribution >= 4 is 27.3 Å². The second-order valence-electron chi connectivity index (χ2n) is 6.02. The van der Waals surface area contributed by atoms with Gasteiger partial charge in [-0.1, -0.05) is 26.0 Å². The van der Waals surface area contributed by atoms with Gasteiger partial charge in [-0.05, 0) is 35.7 Å². The van der Waals surface area contributed by atoms with Gasteiger partial charge in [-0.25, -0.2) is 8.42 Å². The van der Waals surface area contributed by atoms with Crippen LogP contribution in [0, 0.1) is 0 Å². The lowest BCUT2D eigenvalue weighted by molar-refractivity contribution is -0.120. The number of halogens is 1. The van der Waals surface area contributed by atoms with Crippen molar-refractivity contribution in [2.75, 3.05) is 12.4 Å². The molecular formula is C18H22ClNO4S. The van der Waals surface area contributed by atoms with Gasteiger partial charge >= 0.3 is 0 Å². The molecular weight excluding hydrogens is 362 g/mol. The minimum Gasteiger partial charge on any atom is -0.468 e. The first kappa shape index (κ1) is 19.5. The molecule has 0 bridgehead atoms. The molecule has 0 saturated heterocycles. The van der Waals surface area contributed by atoms with Crippen molar-refractivity contribution in [3.05, 3.63) is 54.0 Å². The molecule has 1 heterocycles. The van der Waals surface area contributed by atoms with Gasteiger partial charge in [0.1, 0.15) is 11.0 Å². The predicted molar refractivity (Wildman–Crippen MR) is 97.5 cm³/mol. The summed E-state index contributed by atoms with van der Waals surface area (Å²) >= 11 is 5.54. The molecule has 136 valence electrons. The van der Waals surface area contributed by atoms with Crippen LogP contribution in [0.25, 0.3) is 0 Å². The molecule has 0 fully saturated rings.